The molecular formula is C21H35ClN6O3. The number of likely N-dealkylation sites (tertiary alicyclic amines) is 1. The molecule has 3 amide bonds. The molecule has 0 aromatic heterocycles. The van der Waals surface area contributed by atoms with Gasteiger partial charge in [-0.05, 0) is 31.9 Å². The third-order valence-corrected chi connectivity index (χ3v) is 5.91. The van der Waals surface area contributed by atoms with Crippen molar-refractivity contribution in [3.63, 3.8) is 0 Å². The van der Waals surface area contributed by atoms with E-state index >= 15 is 0 Å². The SMILES string of the molecule is Cl.[2H]C([2H])([2H])OCC1(N(C(=O)CC)c2ccccc2)CCN(CCN2NNN(CC)C2=O)CC1. The van der Waals surface area contributed by atoms with Crippen molar-refractivity contribution in [2.45, 2.75) is 38.6 Å². The Kier molecular flexibility index (Phi) is 7.87. The molecule has 0 saturated carbocycles. The summed E-state index contributed by atoms with van der Waals surface area (Å²) in [5.74, 6) is -0.0682. The van der Waals surface area contributed by atoms with Gasteiger partial charge in [0, 0.05) is 45.3 Å². The summed E-state index contributed by atoms with van der Waals surface area (Å²) in [7, 11) is -2.54. The van der Waals surface area contributed by atoms with E-state index in [-0.39, 0.29) is 31.0 Å². The Balaban J connectivity index is 0.00000408. The van der Waals surface area contributed by atoms with Gasteiger partial charge in [-0.1, -0.05) is 25.1 Å². The molecule has 0 unspecified atom stereocenters. The van der Waals surface area contributed by atoms with Crippen molar-refractivity contribution in [2.75, 3.05) is 51.3 Å². The summed E-state index contributed by atoms with van der Waals surface area (Å²) in [6, 6.07) is 9.23. The van der Waals surface area contributed by atoms with Gasteiger partial charge in [0.05, 0.1) is 22.8 Å². The van der Waals surface area contributed by atoms with Crippen molar-refractivity contribution < 1.29 is 18.4 Å². The molecule has 10 heteroatoms. The summed E-state index contributed by atoms with van der Waals surface area (Å²) >= 11 is 0. The molecule has 174 valence electrons. The highest BCUT2D eigenvalue weighted by molar-refractivity contribution is 5.94. The molecule has 2 heterocycles. The molecule has 9 nitrogen and oxygen atoms in total. The molecular weight excluding hydrogens is 420 g/mol. The number of hydrazine groups is 3. The first-order valence-electron chi connectivity index (χ1n) is 12.0. The van der Waals surface area contributed by atoms with E-state index < -0.39 is 12.6 Å². The van der Waals surface area contributed by atoms with Crippen LogP contribution in [-0.4, -0.2) is 78.8 Å². The van der Waals surface area contributed by atoms with Crippen molar-refractivity contribution in [2.24, 2.45) is 0 Å². The fraction of sp³-hybridized carbons (Fsp3) is 0.619. The number of carbonyl (C=O) groups excluding carboxylic acids is 2. The third-order valence-electron chi connectivity index (χ3n) is 5.91. The number of carbonyl (C=O) groups is 2. The fourth-order valence-corrected chi connectivity index (χ4v) is 4.15. The number of nitrogens with zero attached hydrogens (tertiary/aromatic N) is 4. The van der Waals surface area contributed by atoms with E-state index in [1.54, 1.807) is 11.8 Å². The Morgan fingerprint density at radius 2 is 1.84 bits per heavy atom. The van der Waals surface area contributed by atoms with Gasteiger partial charge in [-0.15, -0.1) is 23.5 Å². The summed E-state index contributed by atoms with van der Waals surface area (Å²) in [6.45, 7) is 6.63. The second kappa shape index (κ2) is 11.6. The van der Waals surface area contributed by atoms with Crippen molar-refractivity contribution in [1.82, 2.24) is 26.0 Å². The summed E-state index contributed by atoms with van der Waals surface area (Å²) in [5, 5.41) is 3.02. The maximum atomic E-state index is 13.1. The van der Waals surface area contributed by atoms with Crippen molar-refractivity contribution in [3.8, 4) is 0 Å². The van der Waals surface area contributed by atoms with Crippen molar-refractivity contribution in [3.05, 3.63) is 30.3 Å². The number of benzene rings is 1. The van der Waals surface area contributed by atoms with Crippen LogP contribution in [0.25, 0.3) is 0 Å². The minimum absolute atomic E-state index is 0. The Labute approximate surface area is 195 Å². The van der Waals surface area contributed by atoms with Gasteiger partial charge in [-0.3, -0.25) is 4.79 Å². The van der Waals surface area contributed by atoms with E-state index in [4.69, 9.17) is 8.85 Å². The maximum absolute atomic E-state index is 13.1. The summed E-state index contributed by atoms with van der Waals surface area (Å²) in [5.41, 5.74) is 5.66. The molecule has 0 spiro atoms. The Morgan fingerprint density at radius 3 is 2.42 bits per heavy atom. The van der Waals surface area contributed by atoms with Crippen molar-refractivity contribution >= 4 is 30.0 Å². The lowest BCUT2D eigenvalue weighted by atomic mass is 9.85. The number of anilines is 1. The zero-order valence-electron chi connectivity index (χ0n) is 21.2. The predicted molar refractivity (Wildman–Crippen MR) is 123 cm³/mol. The fourth-order valence-electron chi connectivity index (χ4n) is 4.15. The first kappa shape index (κ1) is 21.0. The van der Waals surface area contributed by atoms with Crippen LogP contribution in [0.15, 0.2) is 30.3 Å². The van der Waals surface area contributed by atoms with Gasteiger partial charge in [0.2, 0.25) is 5.91 Å². The zero-order valence-corrected chi connectivity index (χ0v) is 19.0. The maximum Gasteiger partial charge on any atom is 0.350 e. The van der Waals surface area contributed by atoms with Gasteiger partial charge in [-0.2, -0.15) is 0 Å². The number of ether oxygens (including phenoxy) is 1. The van der Waals surface area contributed by atoms with Crippen LogP contribution in [0.4, 0.5) is 10.5 Å². The van der Waals surface area contributed by atoms with Gasteiger partial charge in [-0.25, -0.2) is 14.8 Å². The van der Waals surface area contributed by atoms with E-state index in [0.717, 1.165) is 5.69 Å². The number of rotatable bonds is 9. The second-order valence-electron chi connectivity index (χ2n) is 7.67. The highest BCUT2D eigenvalue weighted by atomic mass is 35.5. The average Bonchev–Trinajstić information content (AvgIpc) is 3.17. The van der Waals surface area contributed by atoms with Gasteiger partial charge in [0.25, 0.3) is 0 Å². The molecule has 2 aliphatic rings. The molecule has 2 N–H and O–H groups in total. The monoisotopic (exact) mass is 457 g/mol. The number of halogens is 1. The normalized spacial score (nSPS) is 20.6. The lowest BCUT2D eigenvalue weighted by Crippen LogP contribution is -2.60. The van der Waals surface area contributed by atoms with E-state index in [0.29, 0.717) is 52.0 Å². The summed E-state index contributed by atoms with van der Waals surface area (Å²) < 4.78 is 27.9. The Morgan fingerprint density at radius 1 is 1.16 bits per heavy atom. The number of hydrogen-bond donors (Lipinski definition) is 2. The smallest absolute Gasteiger partial charge is 0.350 e. The highest BCUT2D eigenvalue weighted by Gasteiger charge is 2.43. The summed E-state index contributed by atoms with van der Waals surface area (Å²) in [6.07, 6.45) is 1.42. The molecule has 2 aliphatic heterocycles. The molecule has 2 fully saturated rings. The van der Waals surface area contributed by atoms with Gasteiger partial charge in [0.1, 0.15) is 0 Å². The lowest BCUT2D eigenvalue weighted by molar-refractivity contribution is -0.120. The molecule has 0 bridgehead atoms. The lowest BCUT2D eigenvalue weighted by Gasteiger charge is -2.48. The second-order valence-corrected chi connectivity index (χ2v) is 7.67. The molecule has 0 radical (unpaired) electrons. The van der Waals surface area contributed by atoms with Crippen LogP contribution >= 0.6 is 12.4 Å². The van der Waals surface area contributed by atoms with Gasteiger partial charge < -0.3 is 14.5 Å². The minimum Gasteiger partial charge on any atom is -0.382 e. The van der Waals surface area contributed by atoms with Crippen LogP contribution in [0, 0.1) is 0 Å². The van der Waals surface area contributed by atoms with Gasteiger partial charge >= 0.3 is 6.03 Å². The molecule has 2 saturated heterocycles. The zero-order chi connectivity index (χ0) is 24.1. The highest BCUT2D eigenvalue weighted by Crippen LogP contribution is 2.34. The average molecular weight is 458 g/mol. The molecule has 0 atom stereocenters. The Hall–Kier alpha value is -1.91. The minimum atomic E-state index is -2.54. The molecule has 1 aromatic carbocycles. The number of hydrogen-bond acceptors (Lipinski definition) is 6. The van der Waals surface area contributed by atoms with E-state index in [1.807, 2.05) is 37.3 Å². The van der Waals surface area contributed by atoms with Crippen LogP contribution in [-0.2, 0) is 9.53 Å². The van der Waals surface area contributed by atoms with Crippen LogP contribution in [0.1, 0.15) is 37.2 Å². The number of piperidine rings is 1. The van der Waals surface area contributed by atoms with E-state index in [1.165, 1.54) is 10.0 Å². The first-order chi connectivity index (χ1) is 15.7. The number of urea groups is 1. The van der Waals surface area contributed by atoms with Crippen LogP contribution in [0.2, 0.25) is 0 Å². The predicted octanol–water partition coefficient (Wildman–Crippen LogP) is 2.01. The van der Waals surface area contributed by atoms with Crippen LogP contribution in [0.3, 0.4) is 0 Å². The largest absolute Gasteiger partial charge is 0.382 e. The Bertz CT molecular complexity index is 809. The molecule has 3 rings (SSSR count). The number of nitrogens with one attached hydrogen (secondary N) is 2. The van der Waals surface area contributed by atoms with Gasteiger partial charge in [0.15, 0.2) is 0 Å². The molecule has 1 aromatic rings. The van der Waals surface area contributed by atoms with Crippen LogP contribution < -0.4 is 16.0 Å². The number of para-hydroxylation sites is 1. The topological polar surface area (TPSA) is 80.4 Å². The van der Waals surface area contributed by atoms with Crippen molar-refractivity contribution in [1.29, 1.82) is 0 Å². The van der Waals surface area contributed by atoms with Crippen LogP contribution in [0.5, 0.6) is 0 Å². The molecule has 31 heavy (non-hydrogen) atoms. The quantitative estimate of drug-likeness (QED) is 0.590. The third kappa shape index (κ3) is 5.67. The van der Waals surface area contributed by atoms with E-state index in [9.17, 15) is 9.59 Å². The standard InChI is InChI=1S/C21H34N6O3.ClH/c1-4-19(28)27(18-9-7-6-8-10-18)21(17-30-3)11-13-24(14-12-21)15-16-26-20(29)25(5-2)22-23-26;/h6-10,22-23H,4-5,11-17H2,1-3H3;1H/i3D3;. The van der Waals surface area contributed by atoms with E-state index in [2.05, 4.69) is 16.0 Å². The summed E-state index contributed by atoms with van der Waals surface area (Å²) in [4.78, 5) is 29.3. The molecule has 0 aliphatic carbocycles. The first-order valence-corrected chi connectivity index (χ1v) is 10.5. The number of methoxy groups -OCH3 is 1. The number of amides is 3.